The Morgan fingerprint density at radius 1 is 1.24 bits per heavy atom. The van der Waals surface area contributed by atoms with Crippen LogP contribution in [0.25, 0.3) is 0 Å². The van der Waals surface area contributed by atoms with Crippen molar-refractivity contribution < 1.29 is 9.53 Å². The first-order valence-corrected chi connectivity index (χ1v) is 8.15. The summed E-state index contributed by atoms with van der Waals surface area (Å²) in [5.74, 6) is 0.241. The second-order valence-corrected chi connectivity index (χ2v) is 6.00. The van der Waals surface area contributed by atoms with Crippen LogP contribution in [-0.2, 0) is 20.3 Å². The van der Waals surface area contributed by atoms with Gasteiger partial charge in [0.1, 0.15) is 11.4 Å². The Hall–Kier alpha value is -2.51. The van der Waals surface area contributed by atoms with Crippen LogP contribution in [0.5, 0.6) is 5.75 Å². The molecule has 0 spiro atoms. The topological polar surface area (TPSA) is 74.0 Å². The molecule has 0 aliphatic rings. The predicted octanol–water partition coefficient (Wildman–Crippen LogP) is 2.89. The van der Waals surface area contributed by atoms with Crippen LogP contribution in [0.1, 0.15) is 16.2 Å². The number of carbonyl (C=O) groups excluding carboxylic acids is 1. The lowest BCUT2D eigenvalue weighted by molar-refractivity contribution is 0.0943. The zero-order chi connectivity index (χ0) is 17.8. The van der Waals surface area contributed by atoms with Gasteiger partial charge in [-0.15, -0.1) is 0 Å². The first kappa shape index (κ1) is 17.3. The summed E-state index contributed by atoms with van der Waals surface area (Å²) < 4.78 is 8.69. The van der Waals surface area contributed by atoms with E-state index in [0.29, 0.717) is 15.8 Å². The summed E-state index contributed by atoms with van der Waals surface area (Å²) in [6.45, 7) is 0.404. The number of carbonyl (C=O) groups is 1. The fourth-order valence-electron chi connectivity index (χ4n) is 2.14. The van der Waals surface area contributed by atoms with E-state index in [-0.39, 0.29) is 24.9 Å². The van der Waals surface area contributed by atoms with Crippen molar-refractivity contribution >= 4 is 29.1 Å². The van der Waals surface area contributed by atoms with Gasteiger partial charge in [-0.1, -0.05) is 35.3 Å². The minimum atomic E-state index is -0.311. The highest BCUT2D eigenvalue weighted by Gasteiger charge is 2.12. The molecule has 0 bridgehead atoms. The van der Waals surface area contributed by atoms with E-state index in [1.54, 1.807) is 36.1 Å². The standard InChI is InChI=1S/C16H15Cl2N5O2/c1-22-14(12(18)8-20-22)9-19-16(24)13-6-7-23(21-13)10-25-15-5-3-2-4-11(15)17/h2-8H,9-10H2,1H3,(H,19,24). The van der Waals surface area contributed by atoms with Gasteiger partial charge in [0.15, 0.2) is 6.73 Å². The first-order valence-electron chi connectivity index (χ1n) is 7.40. The van der Waals surface area contributed by atoms with Crippen LogP contribution in [-0.4, -0.2) is 25.5 Å². The van der Waals surface area contributed by atoms with Crippen LogP contribution in [0.15, 0.2) is 42.7 Å². The number of rotatable bonds is 6. The monoisotopic (exact) mass is 379 g/mol. The van der Waals surface area contributed by atoms with Gasteiger partial charge in [-0.05, 0) is 18.2 Å². The molecule has 0 fully saturated rings. The van der Waals surface area contributed by atoms with Gasteiger partial charge in [0, 0.05) is 13.2 Å². The molecule has 0 aliphatic carbocycles. The zero-order valence-corrected chi connectivity index (χ0v) is 14.8. The third-order valence-corrected chi connectivity index (χ3v) is 4.12. The van der Waals surface area contributed by atoms with E-state index in [0.717, 1.165) is 5.69 Å². The van der Waals surface area contributed by atoms with Gasteiger partial charge in [0.2, 0.25) is 0 Å². The molecule has 1 amide bonds. The molecule has 9 heteroatoms. The Morgan fingerprint density at radius 3 is 2.76 bits per heavy atom. The van der Waals surface area contributed by atoms with E-state index in [4.69, 9.17) is 27.9 Å². The van der Waals surface area contributed by atoms with Crippen molar-refractivity contribution in [3.63, 3.8) is 0 Å². The van der Waals surface area contributed by atoms with Crippen molar-refractivity contribution in [3.8, 4) is 5.75 Å². The summed E-state index contributed by atoms with van der Waals surface area (Å²) in [7, 11) is 1.76. The maximum atomic E-state index is 12.2. The smallest absolute Gasteiger partial charge is 0.272 e. The summed E-state index contributed by atoms with van der Waals surface area (Å²) in [5.41, 5.74) is 0.998. The molecular formula is C16H15Cl2N5O2. The summed E-state index contributed by atoms with van der Waals surface area (Å²) in [5, 5.41) is 12.0. The maximum Gasteiger partial charge on any atom is 0.272 e. The third kappa shape index (κ3) is 4.12. The van der Waals surface area contributed by atoms with Gasteiger partial charge >= 0.3 is 0 Å². The van der Waals surface area contributed by atoms with Gasteiger partial charge in [-0.3, -0.25) is 9.48 Å². The highest BCUT2D eigenvalue weighted by molar-refractivity contribution is 6.32. The average molecular weight is 380 g/mol. The van der Waals surface area contributed by atoms with Crippen LogP contribution in [0, 0.1) is 0 Å². The molecule has 0 radical (unpaired) electrons. The highest BCUT2D eigenvalue weighted by atomic mass is 35.5. The molecule has 0 aliphatic heterocycles. The van der Waals surface area contributed by atoms with Crippen molar-refractivity contribution in [1.29, 1.82) is 0 Å². The van der Waals surface area contributed by atoms with Gasteiger partial charge in [0.05, 0.1) is 28.5 Å². The van der Waals surface area contributed by atoms with Crippen molar-refractivity contribution in [2.45, 2.75) is 13.3 Å². The number of aryl methyl sites for hydroxylation is 1. The van der Waals surface area contributed by atoms with E-state index in [2.05, 4.69) is 15.5 Å². The number of benzene rings is 1. The molecule has 2 aromatic heterocycles. The zero-order valence-electron chi connectivity index (χ0n) is 13.3. The molecule has 0 unspecified atom stereocenters. The van der Waals surface area contributed by atoms with Gasteiger partial charge in [-0.25, -0.2) is 4.68 Å². The molecule has 0 saturated heterocycles. The first-order chi connectivity index (χ1) is 12.0. The molecule has 2 heterocycles. The number of amides is 1. The lowest BCUT2D eigenvalue weighted by Gasteiger charge is -2.07. The SMILES string of the molecule is Cn1ncc(Cl)c1CNC(=O)c1ccn(COc2ccccc2Cl)n1. The van der Waals surface area contributed by atoms with Crippen LogP contribution in [0.2, 0.25) is 10.0 Å². The second-order valence-electron chi connectivity index (χ2n) is 5.19. The van der Waals surface area contributed by atoms with Crippen LogP contribution >= 0.6 is 23.2 Å². The number of nitrogens with one attached hydrogen (secondary N) is 1. The molecule has 1 aromatic carbocycles. The lowest BCUT2D eigenvalue weighted by atomic mass is 10.3. The summed E-state index contributed by atoms with van der Waals surface area (Å²) >= 11 is 12.0. The number of hydrogen-bond donors (Lipinski definition) is 1. The number of ether oxygens (including phenoxy) is 1. The molecule has 0 atom stereocenters. The molecule has 0 saturated carbocycles. The van der Waals surface area contributed by atoms with Gasteiger partial charge < -0.3 is 10.1 Å². The lowest BCUT2D eigenvalue weighted by Crippen LogP contribution is -2.25. The Kier molecular flexibility index (Phi) is 5.25. The fourth-order valence-corrected chi connectivity index (χ4v) is 2.56. The van der Waals surface area contributed by atoms with Crippen molar-refractivity contribution in [2.24, 2.45) is 7.05 Å². The average Bonchev–Trinajstić information content (AvgIpc) is 3.20. The largest absolute Gasteiger partial charge is 0.470 e. The predicted molar refractivity (Wildman–Crippen MR) is 93.7 cm³/mol. The molecule has 7 nitrogen and oxygen atoms in total. The third-order valence-electron chi connectivity index (χ3n) is 3.49. The Morgan fingerprint density at radius 2 is 2.04 bits per heavy atom. The Balaban J connectivity index is 1.57. The Labute approximate surface area is 154 Å². The Bertz CT molecular complexity index is 871. The van der Waals surface area contributed by atoms with E-state index in [1.165, 1.54) is 10.9 Å². The highest BCUT2D eigenvalue weighted by Crippen LogP contribution is 2.23. The molecule has 1 N–H and O–H groups in total. The van der Waals surface area contributed by atoms with Crippen LogP contribution < -0.4 is 10.1 Å². The van der Waals surface area contributed by atoms with E-state index < -0.39 is 0 Å². The number of para-hydroxylation sites is 1. The molecule has 3 aromatic rings. The van der Waals surface area contributed by atoms with Gasteiger partial charge in [-0.2, -0.15) is 10.2 Å². The van der Waals surface area contributed by atoms with E-state index in [9.17, 15) is 4.79 Å². The van der Waals surface area contributed by atoms with E-state index in [1.807, 2.05) is 12.1 Å². The van der Waals surface area contributed by atoms with Gasteiger partial charge in [0.25, 0.3) is 5.91 Å². The van der Waals surface area contributed by atoms with Crippen LogP contribution in [0.3, 0.4) is 0 Å². The second kappa shape index (κ2) is 7.58. The van der Waals surface area contributed by atoms with Crippen LogP contribution in [0.4, 0.5) is 0 Å². The number of nitrogens with zero attached hydrogens (tertiary/aromatic N) is 4. The molecular weight excluding hydrogens is 365 g/mol. The van der Waals surface area contributed by atoms with Crippen molar-refractivity contribution in [2.75, 3.05) is 0 Å². The minimum absolute atomic E-state index is 0.143. The number of aromatic nitrogens is 4. The quantitative estimate of drug-likeness (QED) is 0.714. The normalized spacial score (nSPS) is 10.7. The van der Waals surface area contributed by atoms with Crippen molar-refractivity contribution in [1.82, 2.24) is 24.9 Å². The van der Waals surface area contributed by atoms with E-state index >= 15 is 0 Å². The molecule has 25 heavy (non-hydrogen) atoms. The summed E-state index contributed by atoms with van der Waals surface area (Å²) in [6, 6.07) is 8.75. The maximum absolute atomic E-state index is 12.2. The van der Waals surface area contributed by atoms with Crippen molar-refractivity contribution in [3.05, 3.63) is 64.2 Å². The molecule has 130 valence electrons. The number of hydrogen-bond acceptors (Lipinski definition) is 4. The summed E-state index contributed by atoms with van der Waals surface area (Å²) in [6.07, 6.45) is 3.19. The fraction of sp³-hybridized carbons (Fsp3) is 0.188. The summed E-state index contributed by atoms with van der Waals surface area (Å²) in [4.78, 5) is 12.2. The molecule has 3 rings (SSSR count). The minimum Gasteiger partial charge on any atom is -0.470 e. The number of halogens is 2.